The zero-order valence-electron chi connectivity index (χ0n) is 10.6. The molecule has 0 radical (unpaired) electrons. The molecule has 0 atom stereocenters. The highest BCUT2D eigenvalue weighted by molar-refractivity contribution is 5.58. The van der Waals surface area contributed by atoms with Crippen LogP contribution in [0.5, 0.6) is 0 Å². The van der Waals surface area contributed by atoms with Crippen LogP contribution in [0, 0.1) is 0 Å². The molecule has 0 saturated heterocycles. The van der Waals surface area contributed by atoms with Gasteiger partial charge in [-0.2, -0.15) is 4.98 Å². The average Bonchev–Trinajstić information content (AvgIpc) is 2.88. The van der Waals surface area contributed by atoms with Crippen LogP contribution in [-0.2, 0) is 12.8 Å². The van der Waals surface area contributed by atoms with Crippen LogP contribution < -0.4 is 5.73 Å². The third kappa shape index (κ3) is 2.92. The fourth-order valence-corrected chi connectivity index (χ4v) is 1.81. The highest BCUT2D eigenvalue weighted by Gasteiger charge is 2.11. The summed E-state index contributed by atoms with van der Waals surface area (Å²) in [4.78, 5) is 8.52. The van der Waals surface area contributed by atoms with E-state index in [1.807, 2.05) is 12.3 Å². The summed E-state index contributed by atoms with van der Waals surface area (Å²) in [7, 11) is 0. The number of hydrogen-bond donors (Lipinski definition) is 1. The number of unbranched alkanes of at least 4 members (excludes halogenated alkanes) is 1. The second-order valence-electron chi connectivity index (χ2n) is 4.14. The first-order valence-electron chi connectivity index (χ1n) is 6.31. The number of nitrogens with zero attached hydrogens (tertiary/aromatic N) is 3. The molecule has 0 spiro atoms. The van der Waals surface area contributed by atoms with Crippen LogP contribution >= 0.6 is 0 Å². The molecule has 0 aromatic carbocycles. The summed E-state index contributed by atoms with van der Waals surface area (Å²) in [5.41, 5.74) is 7.59. The number of nitrogens with two attached hydrogens (primary N) is 1. The van der Waals surface area contributed by atoms with Gasteiger partial charge in [-0.1, -0.05) is 12.1 Å². The van der Waals surface area contributed by atoms with Gasteiger partial charge >= 0.3 is 0 Å². The summed E-state index contributed by atoms with van der Waals surface area (Å²) >= 11 is 0. The molecule has 0 saturated carbocycles. The minimum Gasteiger partial charge on any atom is -0.339 e. The van der Waals surface area contributed by atoms with E-state index in [0.29, 0.717) is 18.3 Å². The number of hydrogen-bond acceptors (Lipinski definition) is 5. The lowest BCUT2D eigenvalue weighted by Gasteiger charge is -2.00. The average molecular weight is 246 g/mol. The van der Waals surface area contributed by atoms with Crippen molar-refractivity contribution < 1.29 is 4.52 Å². The number of aromatic nitrogens is 3. The van der Waals surface area contributed by atoms with Crippen molar-refractivity contribution >= 4 is 0 Å². The Balaban J connectivity index is 2.13. The van der Waals surface area contributed by atoms with Crippen molar-refractivity contribution in [2.24, 2.45) is 5.73 Å². The van der Waals surface area contributed by atoms with Crippen molar-refractivity contribution in [3.05, 3.63) is 29.9 Å². The van der Waals surface area contributed by atoms with E-state index >= 15 is 0 Å². The van der Waals surface area contributed by atoms with Crippen molar-refractivity contribution in [2.75, 3.05) is 6.54 Å². The topological polar surface area (TPSA) is 77.8 Å². The molecule has 2 aromatic rings. The molecule has 2 heterocycles. The van der Waals surface area contributed by atoms with Crippen molar-refractivity contribution in [3.8, 4) is 11.4 Å². The Kier molecular flexibility index (Phi) is 4.41. The minimum atomic E-state index is 0.650. The van der Waals surface area contributed by atoms with Crippen LogP contribution in [0.4, 0.5) is 0 Å². The molecule has 0 aliphatic rings. The van der Waals surface area contributed by atoms with Gasteiger partial charge in [0, 0.05) is 24.4 Å². The third-order valence-electron chi connectivity index (χ3n) is 2.84. The smallest absolute Gasteiger partial charge is 0.226 e. The lowest BCUT2D eigenvalue weighted by atomic mass is 10.1. The molecule has 2 rings (SSSR count). The number of pyridine rings is 1. The fraction of sp³-hybridized carbons (Fsp3) is 0.462. The molecule has 0 aliphatic heterocycles. The highest BCUT2D eigenvalue weighted by atomic mass is 16.5. The van der Waals surface area contributed by atoms with Crippen LogP contribution in [0.2, 0.25) is 0 Å². The van der Waals surface area contributed by atoms with Gasteiger partial charge in [-0.25, -0.2) is 0 Å². The van der Waals surface area contributed by atoms with E-state index in [9.17, 15) is 0 Å². The molecule has 5 heteroatoms. The molecule has 96 valence electrons. The molecule has 5 nitrogen and oxygen atoms in total. The van der Waals surface area contributed by atoms with E-state index < -0.39 is 0 Å². The normalized spacial score (nSPS) is 10.8. The Morgan fingerprint density at radius 2 is 2.22 bits per heavy atom. The Morgan fingerprint density at radius 3 is 3.00 bits per heavy atom. The van der Waals surface area contributed by atoms with Crippen LogP contribution in [-0.4, -0.2) is 21.7 Å². The summed E-state index contributed by atoms with van der Waals surface area (Å²) in [5, 5.41) is 4.03. The molecule has 0 aliphatic carbocycles. The van der Waals surface area contributed by atoms with Crippen LogP contribution in [0.3, 0.4) is 0 Å². The molecule has 0 unspecified atom stereocenters. The molecule has 0 fully saturated rings. The Labute approximate surface area is 106 Å². The maximum atomic E-state index is 5.45. The van der Waals surface area contributed by atoms with Crippen LogP contribution in [0.25, 0.3) is 11.4 Å². The van der Waals surface area contributed by atoms with Crippen LogP contribution in [0.1, 0.15) is 31.2 Å². The summed E-state index contributed by atoms with van der Waals surface area (Å²) in [6, 6.07) is 1.92. The van der Waals surface area contributed by atoms with Gasteiger partial charge in [0.15, 0.2) is 0 Å². The number of aryl methyl sites for hydroxylation is 2. The quantitative estimate of drug-likeness (QED) is 0.788. The van der Waals surface area contributed by atoms with E-state index in [0.717, 1.165) is 36.8 Å². The van der Waals surface area contributed by atoms with Crippen molar-refractivity contribution in [2.45, 2.75) is 32.6 Å². The summed E-state index contributed by atoms with van der Waals surface area (Å²) in [5.74, 6) is 1.33. The Hall–Kier alpha value is -1.75. The van der Waals surface area contributed by atoms with Gasteiger partial charge in [0.2, 0.25) is 11.7 Å². The van der Waals surface area contributed by atoms with Gasteiger partial charge in [-0.05, 0) is 37.4 Å². The fourth-order valence-electron chi connectivity index (χ4n) is 1.81. The van der Waals surface area contributed by atoms with Gasteiger partial charge < -0.3 is 10.3 Å². The van der Waals surface area contributed by atoms with E-state index in [4.69, 9.17) is 10.3 Å². The van der Waals surface area contributed by atoms with Gasteiger partial charge in [0.25, 0.3) is 0 Å². The lowest BCUT2D eigenvalue weighted by molar-refractivity contribution is 0.375. The van der Waals surface area contributed by atoms with Gasteiger partial charge in [0.1, 0.15) is 0 Å². The summed E-state index contributed by atoms with van der Waals surface area (Å²) in [6.45, 7) is 2.79. The number of rotatable bonds is 6. The van der Waals surface area contributed by atoms with Gasteiger partial charge in [-0.3, -0.25) is 4.98 Å². The first kappa shape index (κ1) is 12.7. The molecule has 0 bridgehead atoms. The van der Waals surface area contributed by atoms with Crippen LogP contribution in [0.15, 0.2) is 23.0 Å². The Bertz CT molecular complexity index is 495. The first-order valence-corrected chi connectivity index (χ1v) is 6.31. The zero-order valence-corrected chi connectivity index (χ0v) is 10.6. The maximum Gasteiger partial charge on any atom is 0.226 e. The molecular weight excluding hydrogens is 228 g/mol. The second-order valence-corrected chi connectivity index (χ2v) is 4.14. The minimum absolute atomic E-state index is 0.650. The van der Waals surface area contributed by atoms with E-state index in [2.05, 4.69) is 22.0 Å². The standard InChI is InChI=1S/C13H18N4O/c1-2-10-9-15-8-6-11(10)13-16-12(18-17-13)5-3-4-7-14/h6,8-9H,2-5,7,14H2,1H3. The van der Waals surface area contributed by atoms with Crippen molar-refractivity contribution in [3.63, 3.8) is 0 Å². The first-order chi connectivity index (χ1) is 8.85. The summed E-state index contributed by atoms with van der Waals surface area (Å²) < 4.78 is 5.24. The highest BCUT2D eigenvalue weighted by Crippen LogP contribution is 2.20. The van der Waals surface area contributed by atoms with Gasteiger partial charge in [-0.15, -0.1) is 0 Å². The van der Waals surface area contributed by atoms with E-state index in [1.54, 1.807) is 6.20 Å². The third-order valence-corrected chi connectivity index (χ3v) is 2.84. The largest absolute Gasteiger partial charge is 0.339 e. The van der Waals surface area contributed by atoms with E-state index in [-0.39, 0.29) is 0 Å². The zero-order chi connectivity index (χ0) is 12.8. The van der Waals surface area contributed by atoms with E-state index in [1.165, 1.54) is 0 Å². The molecule has 18 heavy (non-hydrogen) atoms. The molecule has 2 N–H and O–H groups in total. The monoisotopic (exact) mass is 246 g/mol. The van der Waals surface area contributed by atoms with Crippen molar-refractivity contribution in [1.29, 1.82) is 0 Å². The molecular formula is C13H18N4O. The lowest BCUT2D eigenvalue weighted by Crippen LogP contribution is -1.99. The second kappa shape index (κ2) is 6.26. The molecule has 0 amide bonds. The SMILES string of the molecule is CCc1cnccc1-c1noc(CCCCN)n1. The predicted octanol–water partition coefficient (Wildman–Crippen LogP) is 1.98. The molecule has 2 aromatic heterocycles. The predicted molar refractivity (Wildman–Crippen MR) is 68.9 cm³/mol. The van der Waals surface area contributed by atoms with Gasteiger partial charge in [0.05, 0.1) is 0 Å². The van der Waals surface area contributed by atoms with Crippen molar-refractivity contribution in [1.82, 2.24) is 15.1 Å². The Morgan fingerprint density at radius 1 is 1.33 bits per heavy atom. The maximum absolute atomic E-state index is 5.45. The summed E-state index contributed by atoms with van der Waals surface area (Å²) in [6.07, 6.45) is 7.25.